The number of ether oxygens (including phenoxy) is 2. The predicted octanol–water partition coefficient (Wildman–Crippen LogP) is 4.17. The first-order valence-corrected chi connectivity index (χ1v) is 13.3. The van der Waals surface area contributed by atoms with Crippen LogP contribution in [0.25, 0.3) is 32.9 Å². The second kappa shape index (κ2) is 8.78. The van der Waals surface area contributed by atoms with E-state index in [0.717, 1.165) is 54.5 Å². The van der Waals surface area contributed by atoms with Gasteiger partial charge in [-0.3, -0.25) is 5.10 Å². The lowest BCUT2D eigenvalue weighted by atomic mass is 9.89. The summed E-state index contributed by atoms with van der Waals surface area (Å²) in [5.41, 5.74) is 3.73. The van der Waals surface area contributed by atoms with Gasteiger partial charge in [0.15, 0.2) is 0 Å². The van der Waals surface area contributed by atoms with Gasteiger partial charge in [-0.15, -0.1) is 0 Å². The molecule has 7 rings (SSSR count). The topological polar surface area (TPSA) is 108 Å². The number of aromatic hydroxyl groups is 1. The van der Waals surface area contributed by atoms with Crippen LogP contribution in [0.2, 0.25) is 0 Å². The molecular weight excluding hydrogens is 487 g/mol. The van der Waals surface area contributed by atoms with Gasteiger partial charge in [-0.2, -0.15) is 15.1 Å². The molecule has 0 amide bonds. The number of benzene rings is 2. The molecule has 3 fully saturated rings. The van der Waals surface area contributed by atoms with Crippen molar-refractivity contribution in [1.82, 2.24) is 25.5 Å². The SMILES string of the molecule is COC(C)COc1nc(N2CC3CC2CN3)c2cc(C3CC3)c(-c3c(C)c(F)cc4[nH]ncc34)c(O)c2n1. The second-order valence-electron chi connectivity index (χ2n) is 10.9. The van der Waals surface area contributed by atoms with Crippen molar-refractivity contribution < 1.29 is 19.0 Å². The third-order valence-electron chi connectivity index (χ3n) is 8.34. The largest absolute Gasteiger partial charge is 0.505 e. The number of phenols is 1. The summed E-state index contributed by atoms with van der Waals surface area (Å²) in [4.78, 5) is 11.9. The van der Waals surface area contributed by atoms with Crippen molar-refractivity contribution in [1.29, 1.82) is 0 Å². The molecule has 3 atom stereocenters. The molecule has 4 aromatic rings. The third-order valence-corrected chi connectivity index (χ3v) is 8.34. The number of aromatic nitrogens is 4. The minimum atomic E-state index is -0.348. The molecule has 4 heterocycles. The van der Waals surface area contributed by atoms with Crippen molar-refractivity contribution in [2.75, 3.05) is 31.7 Å². The summed E-state index contributed by atoms with van der Waals surface area (Å²) >= 11 is 0. The highest BCUT2D eigenvalue weighted by Crippen LogP contribution is 2.52. The van der Waals surface area contributed by atoms with E-state index in [1.54, 1.807) is 20.2 Å². The molecule has 198 valence electrons. The summed E-state index contributed by atoms with van der Waals surface area (Å²) in [5.74, 6) is 0.737. The average Bonchev–Trinajstić information content (AvgIpc) is 3.28. The van der Waals surface area contributed by atoms with E-state index in [1.807, 2.05) is 6.92 Å². The Balaban J connectivity index is 1.49. The first-order chi connectivity index (χ1) is 18.4. The molecule has 2 bridgehead atoms. The Morgan fingerprint density at radius 2 is 2.05 bits per heavy atom. The van der Waals surface area contributed by atoms with E-state index in [9.17, 15) is 5.11 Å². The molecule has 2 aromatic carbocycles. The number of methoxy groups -OCH3 is 1. The number of halogens is 1. The van der Waals surface area contributed by atoms with E-state index < -0.39 is 0 Å². The standard InChI is InChI=1S/C28H31FN6O3/c1-13(37-3)12-38-28-32-25-19(27(33-28)35-11-16-6-17(35)9-30-16)7-18(15-4-5-15)24(26(25)36)23-14(2)21(29)8-22-20(23)10-31-34-22/h7-8,10,13,15-17,30,36H,4-6,9,11-12H2,1-3H3,(H,31,34). The van der Waals surface area contributed by atoms with Gasteiger partial charge in [-0.1, -0.05) is 0 Å². The van der Waals surface area contributed by atoms with Crippen LogP contribution in [0.5, 0.6) is 11.8 Å². The van der Waals surface area contributed by atoms with Crippen LogP contribution in [0.15, 0.2) is 18.3 Å². The highest BCUT2D eigenvalue weighted by Gasteiger charge is 2.40. The zero-order valence-electron chi connectivity index (χ0n) is 21.7. The molecule has 2 aromatic heterocycles. The number of anilines is 1. The number of hydrogen-bond donors (Lipinski definition) is 3. The fourth-order valence-corrected chi connectivity index (χ4v) is 6.06. The Morgan fingerprint density at radius 3 is 2.76 bits per heavy atom. The molecule has 3 unspecified atom stereocenters. The lowest BCUT2D eigenvalue weighted by Crippen LogP contribution is -2.44. The first-order valence-electron chi connectivity index (χ1n) is 13.3. The molecule has 3 N–H and O–H groups in total. The van der Waals surface area contributed by atoms with Gasteiger partial charge in [0.05, 0.1) is 17.8 Å². The number of fused-ring (bicyclic) bond motifs is 4. The zero-order chi connectivity index (χ0) is 26.1. The molecule has 38 heavy (non-hydrogen) atoms. The van der Waals surface area contributed by atoms with Crippen LogP contribution in [0.3, 0.4) is 0 Å². The summed E-state index contributed by atoms with van der Waals surface area (Å²) in [6.45, 7) is 5.67. The number of hydrogen-bond acceptors (Lipinski definition) is 8. The summed E-state index contributed by atoms with van der Waals surface area (Å²) in [6.07, 6.45) is 4.65. The van der Waals surface area contributed by atoms with Crippen LogP contribution >= 0.6 is 0 Å². The molecule has 9 nitrogen and oxygen atoms in total. The molecule has 2 saturated heterocycles. The fourth-order valence-electron chi connectivity index (χ4n) is 6.06. The lowest BCUT2D eigenvalue weighted by molar-refractivity contribution is 0.0682. The van der Waals surface area contributed by atoms with Crippen LogP contribution in [-0.2, 0) is 4.74 Å². The number of piperazine rings is 1. The third kappa shape index (κ3) is 3.69. The smallest absolute Gasteiger partial charge is 0.319 e. The van der Waals surface area contributed by atoms with Gasteiger partial charge < -0.3 is 24.8 Å². The van der Waals surface area contributed by atoms with Gasteiger partial charge in [0.1, 0.15) is 29.5 Å². The van der Waals surface area contributed by atoms with Crippen LogP contribution in [0.1, 0.15) is 43.2 Å². The van der Waals surface area contributed by atoms with E-state index in [2.05, 4.69) is 26.5 Å². The molecule has 2 aliphatic heterocycles. The molecule has 0 spiro atoms. The van der Waals surface area contributed by atoms with Crippen molar-refractivity contribution in [2.24, 2.45) is 0 Å². The number of nitrogens with one attached hydrogen (secondary N) is 2. The molecule has 1 aliphatic carbocycles. The van der Waals surface area contributed by atoms with E-state index in [-0.39, 0.29) is 36.2 Å². The zero-order valence-corrected chi connectivity index (χ0v) is 21.7. The minimum absolute atomic E-state index is 0.0244. The van der Waals surface area contributed by atoms with Crippen LogP contribution in [-0.4, -0.2) is 70.3 Å². The summed E-state index contributed by atoms with van der Waals surface area (Å²) in [7, 11) is 1.63. The number of aromatic amines is 1. The Morgan fingerprint density at radius 1 is 1.21 bits per heavy atom. The van der Waals surface area contributed by atoms with Crippen molar-refractivity contribution in [3.05, 3.63) is 35.3 Å². The maximum Gasteiger partial charge on any atom is 0.319 e. The quantitative estimate of drug-likeness (QED) is 0.335. The Labute approximate surface area is 219 Å². The van der Waals surface area contributed by atoms with Crippen LogP contribution in [0, 0.1) is 12.7 Å². The van der Waals surface area contributed by atoms with E-state index in [4.69, 9.17) is 19.4 Å². The monoisotopic (exact) mass is 518 g/mol. The summed E-state index contributed by atoms with van der Waals surface area (Å²) in [6, 6.07) is 4.51. The number of nitrogens with zero attached hydrogens (tertiary/aromatic N) is 4. The maximum atomic E-state index is 15.1. The molecule has 1 saturated carbocycles. The van der Waals surface area contributed by atoms with Gasteiger partial charge in [0.25, 0.3) is 0 Å². The summed E-state index contributed by atoms with van der Waals surface area (Å²) in [5, 5.41) is 24.1. The Bertz CT molecular complexity index is 1570. The second-order valence-corrected chi connectivity index (χ2v) is 10.9. The number of H-pyrrole nitrogens is 1. The van der Waals surface area contributed by atoms with E-state index in [0.29, 0.717) is 39.8 Å². The molecule has 0 radical (unpaired) electrons. The predicted molar refractivity (Wildman–Crippen MR) is 142 cm³/mol. The van der Waals surface area contributed by atoms with Crippen LogP contribution < -0.4 is 15.0 Å². The van der Waals surface area contributed by atoms with Gasteiger partial charge >= 0.3 is 6.01 Å². The Kier molecular flexibility index (Phi) is 5.45. The lowest BCUT2D eigenvalue weighted by Gasteiger charge is -2.30. The molecule has 3 aliphatic rings. The van der Waals surface area contributed by atoms with Crippen molar-refractivity contribution in [2.45, 2.75) is 57.2 Å². The first kappa shape index (κ1) is 23.6. The van der Waals surface area contributed by atoms with E-state index >= 15 is 4.39 Å². The Hall–Kier alpha value is -3.50. The van der Waals surface area contributed by atoms with Crippen molar-refractivity contribution in [3.63, 3.8) is 0 Å². The molecular formula is C28H31FN6O3. The highest BCUT2D eigenvalue weighted by atomic mass is 19.1. The van der Waals surface area contributed by atoms with Crippen molar-refractivity contribution in [3.8, 4) is 22.9 Å². The number of phenolic OH excluding ortho intramolecular Hbond substituents is 1. The summed E-state index contributed by atoms with van der Waals surface area (Å²) < 4.78 is 26.4. The normalized spacial score (nSPS) is 21.6. The highest BCUT2D eigenvalue weighted by molar-refractivity contribution is 6.05. The average molecular weight is 519 g/mol. The minimum Gasteiger partial charge on any atom is -0.505 e. The van der Waals surface area contributed by atoms with Gasteiger partial charge in [0.2, 0.25) is 0 Å². The van der Waals surface area contributed by atoms with Gasteiger partial charge in [-0.25, -0.2) is 4.39 Å². The molecule has 10 heteroatoms. The fraction of sp³-hybridized carbons (Fsp3) is 0.464. The van der Waals surface area contributed by atoms with Crippen molar-refractivity contribution >= 4 is 27.6 Å². The van der Waals surface area contributed by atoms with Gasteiger partial charge in [0, 0.05) is 54.2 Å². The number of rotatable bonds is 7. The van der Waals surface area contributed by atoms with Crippen LogP contribution in [0.4, 0.5) is 10.2 Å². The van der Waals surface area contributed by atoms with E-state index in [1.165, 1.54) is 6.07 Å². The van der Waals surface area contributed by atoms with Gasteiger partial charge in [-0.05, 0) is 62.3 Å². The maximum absolute atomic E-state index is 15.1.